The highest BCUT2D eigenvalue weighted by Crippen LogP contribution is 2.40. The summed E-state index contributed by atoms with van der Waals surface area (Å²) in [4.78, 5) is -1.19. The van der Waals surface area contributed by atoms with Crippen LogP contribution < -0.4 is 66.3 Å². The molecule has 0 saturated heterocycles. The van der Waals surface area contributed by atoms with Gasteiger partial charge in [0.15, 0.2) is 0 Å². The van der Waals surface area contributed by atoms with Crippen LogP contribution in [0.3, 0.4) is 0 Å². The van der Waals surface area contributed by atoms with Crippen LogP contribution in [0.4, 0.5) is 0 Å². The summed E-state index contributed by atoms with van der Waals surface area (Å²) in [5.74, 6) is 6.73. The van der Waals surface area contributed by atoms with Gasteiger partial charge in [-0.25, -0.2) is 0 Å². The second-order valence-corrected chi connectivity index (χ2v) is 40.6. The first-order valence-corrected chi connectivity index (χ1v) is 51.8. The van der Waals surface area contributed by atoms with E-state index in [0.717, 1.165) is 61.2 Å². The molecule has 0 radical (unpaired) electrons. The Hall–Kier alpha value is -15.6. The first-order chi connectivity index (χ1) is 69.7. The minimum Gasteiger partial charge on any atom is -0.489 e. The molecule has 0 spiro atoms. The molecule has 0 amide bonds. The fourth-order valence-electron chi connectivity index (χ4n) is 15.5. The van der Waals surface area contributed by atoms with E-state index < -0.39 is 45.9 Å². The minimum atomic E-state index is -4.47. The Kier molecular flexibility index (Phi) is 33.2. The molecular weight excluding hydrogens is 1930 g/mol. The normalized spacial score (nSPS) is 11.6. The largest absolute Gasteiger partial charge is 0.489 e. The highest BCUT2D eigenvalue weighted by Gasteiger charge is 2.27. The van der Waals surface area contributed by atoms with Crippen molar-refractivity contribution in [2.24, 2.45) is 0 Å². The van der Waals surface area contributed by atoms with E-state index in [9.17, 15) is 51.9 Å². The molecule has 0 aliphatic rings. The van der Waals surface area contributed by atoms with Gasteiger partial charge in [-0.1, -0.05) is 208 Å². The van der Waals surface area contributed by atoms with Crippen LogP contribution in [0.25, 0.3) is 0 Å². The topological polar surface area (TPSA) is 347 Å². The minimum absolute atomic E-state index is 0.0122. The molecule has 0 aliphatic carbocycles. The Balaban J connectivity index is 0.648. The molecular formula is C115H104O26S4. The van der Waals surface area contributed by atoms with Crippen LogP contribution in [0.2, 0.25) is 0 Å². The molecule has 0 fully saturated rings. The van der Waals surface area contributed by atoms with E-state index in [0.29, 0.717) is 146 Å². The van der Waals surface area contributed by atoms with Gasteiger partial charge in [-0.15, -0.1) is 0 Å². The molecule has 0 saturated carbocycles. The smallest absolute Gasteiger partial charge is 0.294 e. The van der Waals surface area contributed by atoms with E-state index in [1.165, 1.54) is 97.1 Å². The molecule has 0 heterocycles. The lowest BCUT2D eigenvalue weighted by molar-refractivity contribution is 0.272. The average molecular weight is 2030 g/mol. The molecule has 16 aromatic rings. The van der Waals surface area contributed by atoms with Crippen molar-refractivity contribution in [3.8, 4) is 80.5 Å². The van der Waals surface area contributed by atoms with E-state index >= 15 is 0 Å². The molecule has 0 unspecified atom stereocenters. The lowest BCUT2D eigenvalue weighted by Gasteiger charge is -2.28. The zero-order valence-electron chi connectivity index (χ0n) is 79.4. The van der Waals surface area contributed by atoms with Gasteiger partial charge in [0.2, 0.25) is 0 Å². The van der Waals surface area contributed by atoms with Crippen molar-refractivity contribution in [2.45, 2.75) is 145 Å². The first-order valence-electron chi connectivity index (χ1n) is 46.0. The third kappa shape index (κ3) is 30.2. The summed E-state index contributed by atoms with van der Waals surface area (Å²) >= 11 is 0. The van der Waals surface area contributed by atoms with E-state index in [4.69, 9.17) is 66.3 Å². The highest BCUT2D eigenvalue weighted by molar-refractivity contribution is 7.86. The quantitative estimate of drug-likeness (QED) is 0.0257. The van der Waals surface area contributed by atoms with Gasteiger partial charge < -0.3 is 66.3 Å². The SMILES string of the molecule is Cc1cc(C(C)(C)c2ccc(OCc3cc(OCc4cc(OCc5ccc(S(=O)(=O)O)cc5)cc(OCc5ccc(S(=O)(=O)O)cc5)c4)cc(OCc4cc(OCc5ccc(S(=O)(=O)O)cc5)cc(OCc5ccc(S(=O)(=O)O)cc5)c4)c3)c(C)c2)ccc1OCc1cc(OCc2cc(OCc3ccccc3)cc(OCc3ccccc3)c2)cc(OCc2cc(OCc3ccccc3)cc(OCc3ccccc3)c2)c1. The Morgan fingerprint density at radius 1 is 0.179 bits per heavy atom. The van der Waals surface area contributed by atoms with Crippen molar-refractivity contribution < 1.29 is 118 Å². The standard InChI is InChI=1S/C115H104O26S4/c1-79-45-95(33-43-113(79)140-77-93-55-105(136-73-89-47-97(128-65-81-17-9-5-10-18-81)59-98(48-89)129-66-82-19-11-6-12-20-82)63-106(56-93)137-74-90-49-99(130-67-83-21-13-7-14-22-83)60-100(50-90)131-68-84-23-15-8-16-24-84)115(3,4)96-34-44-114(80(2)46-96)141-78-94-57-107(138-75-91-51-101(132-69-85-25-35-109(36-26-85)142(116,117)118)61-102(52-91)133-70-86-27-37-110(38-28-86)143(119,120)121)64-108(58-94)139-76-92-53-103(134-71-87-29-39-111(40-30-87)144(122,123)124)62-104(54-92)135-72-88-31-41-112(42-32-88)145(125,126)127/h5-64H,65-78H2,1-4H3,(H,116,117,118)(H,119,120,121)(H,122,123,124)(H,125,126,127). The number of hydrogen-bond donors (Lipinski definition) is 4. The lowest BCUT2D eigenvalue weighted by Crippen LogP contribution is -2.19. The molecule has 744 valence electrons. The molecule has 4 N–H and O–H groups in total. The van der Waals surface area contributed by atoms with Gasteiger partial charge >= 0.3 is 0 Å². The van der Waals surface area contributed by atoms with E-state index in [1.54, 1.807) is 54.6 Å². The second-order valence-electron chi connectivity index (χ2n) is 34.9. The van der Waals surface area contributed by atoms with Gasteiger partial charge in [0.05, 0.1) is 19.6 Å². The van der Waals surface area contributed by atoms with Gasteiger partial charge in [0, 0.05) is 41.8 Å². The molecule has 0 bridgehead atoms. The summed E-state index contributed by atoms with van der Waals surface area (Å²) < 4.78 is 225. The summed E-state index contributed by atoms with van der Waals surface area (Å²) in [5, 5.41) is 0. The predicted molar refractivity (Wildman–Crippen MR) is 545 cm³/mol. The van der Waals surface area contributed by atoms with Gasteiger partial charge in [0.25, 0.3) is 40.5 Å². The third-order valence-electron chi connectivity index (χ3n) is 23.3. The summed E-state index contributed by atoms with van der Waals surface area (Å²) in [6.45, 7) is 9.81. The molecule has 30 heteroatoms. The molecule has 26 nitrogen and oxygen atoms in total. The van der Waals surface area contributed by atoms with Crippen LogP contribution >= 0.6 is 0 Å². The molecule has 16 aromatic carbocycles. The number of hydrogen-bond acceptors (Lipinski definition) is 22. The number of ether oxygens (including phenoxy) is 14. The van der Waals surface area contributed by atoms with Crippen molar-refractivity contribution in [3.63, 3.8) is 0 Å². The van der Waals surface area contributed by atoms with Crippen LogP contribution in [0.1, 0.15) is 114 Å². The summed E-state index contributed by atoms with van der Waals surface area (Å²) in [5.41, 5.74) is 13.7. The maximum Gasteiger partial charge on any atom is 0.294 e. The summed E-state index contributed by atoms with van der Waals surface area (Å²) in [6.07, 6.45) is 0. The molecule has 0 atom stereocenters. The number of benzene rings is 16. The zero-order chi connectivity index (χ0) is 102. The molecule has 16 rings (SSSR count). The van der Waals surface area contributed by atoms with E-state index in [-0.39, 0.29) is 85.7 Å². The molecule has 0 aliphatic heterocycles. The zero-order valence-corrected chi connectivity index (χ0v) is 82.7. The van der Waals surface area contributed by atoms with Crippen molar-refractivity contribution >= 4 is 40.5 Å². The van der Waals surface area contributed by atoms with Crippen LogP contribution in [-0.4, -0.2) is 51.9 Å². The fraction of sp³-hybridized carbons (Fsp3) is 0.165. The second kappa shape index (κ2) is 47.1. The summed E-state index contributed by atoms with van der Waals surface area (Å²) in [6, 6.07) is 107. The maximum absolute atomic E-state index is 11.9. The van der Waals surface area contributed by atoms with Gasteiger partial charge in [0.1, 0.15) is 173 Å². The Morgan fingerprint density at radius 2 is 0.331 bits per heavy atom. The Labute approximate surface area is 842 Å². The van der Waals surface area contributed by atoms with E-state index in [2.05, 4.69) is 32.0 Å². The van der Waals surface area contributed by atoms with E-state index in [1.807, 2.05) is 208 Å². The first kappa shape index (κ1) is 102. The van der Waals surface area contributed by atoms with Crippen molar-refractivity contribution in [2.75, 3.05) is 0 Å². The number of aryl methyl sites for hydroxylation is 2. The van der Waals surface area contributed by atoms with Crippen LogP contribution in [0, 0.1) is 13.8 Å². The summed E-state index contributed by atoms with van der Waals surface area (Å²) in [7, 11) is -17.9. The van der Waals surface area contributed by atoms with Crippen molar-refractivity contribution in [1.29, 1.82) is 0 Å². The fourth-order valence-corrected chi connectivity index (χ4v) is 17.4. The molecule has 145 heavy (non-hydrogen) atoms. The lowest BCUT2D eigenvalue weighted by atomic mass is 9.77. The van der Waals surface area contributed by atoms with Crippen LogP contribution in [0.15, 0.2) is 384 Å². The molecule has 0 aromatic heterocycles. The van der Waals surface area contributed by atoms with Crippen LogP contribution in [0.5, 0.6) is 80.5 Å². The van der Waals surface area contributed by atoms with Crippen LogP contribution in [-0.2, 0) is 138 Å². The van der Waals surface area contributed by atoms with Gasteiger partial charge in [-0.3, -0.25) is 18.2 Å². The predicted octanol–water partition coefficient (Wildman–Crippen LogP) is 23.7. The van der Waals surface area contributed by atoms with Gasteiger partial charge in [-0.05, 0) is 247 Å². The van der Waals surface area contributed by atoms with Crippen molar-refractivity contribution in [3.05, 3.63) is 464 Å². The van der Waals surface area contributed by atoms with Crippen molar-refractivity contribution in [1.82, 2.24) is 0 Å². The highest BCUT2D eigenvalue weighted by atomic mass is 32.2. The maximum atomic E-state index is 11.9. The third-order valence-corrected chi connectivity index (χ3v) is 26.8. The number of rotatable bonds is 48. The van der Waals surface area contributed by atoms with Gasteiger partial charge in [-0.2, -0.15) is 33.7 Å². The average Bonchev–Trinajstić information content (AvgIpc) is 0.784. The monoisotopic (exact) mass is 2030 g/mol. The Morgan fingerprint density at radius 3 is 0.490 bits per heavy atom. The Bertz CT molecular complexity index is 6910.